The van der Waals surface area contributed by atoms with Crippen molar-refractivity contribution in [3.8, 4) is 11.5 Å². The first-order valence-corrected chi connectivity index (χ1v) is 13.4. The minimum absolute atomic E-state index is 0.159. The fourth-order valence-corrected chi connectivity index (χ4v) is 4.38. The van der Waals surface area contributed by atoms with Gasteiger partial charge in [-0.25, -0.2) is 9.69 Å². The van der Waals surface area contributed by atoms with Gasteiger partial charge in [0.2, 0.25) is 0 Å². The molecule has 0 atom stereocenters. The van der Waals surface area contributed by atoms with Gasteiger partial charge in [-0.05, 0) is 55.3 Å². The highest BCUT2D eigenvalue weighted by molar-refractivity contribution is 6.43. The topological polar surface area (TPSA) is 84.9 Å². The number of urea groups is 1. The number of anilines is 1. The summed E-state index contributed by atoms with van der Waals surface area (Å²) in [4.78, 5) is 39.0. The quantitative estimate of drug-likeness (QED) is 0.164. The Morgan fingerprint density at radius 1 is 0.865 bits per heavy atom. The molecular weight excluding hydrogens is 539 g/mol. The molecule has 0 saturated carbocycles. The maximum Gasteiger partial charge on any atom is 0.335 e. The number of nitrogens with one attached hydrogen (secondary N) is 1. The van der Waals surface area contributed by atoms with E-state index in [1.807, 2.05) is 6.92 Å². The Kier molecular flexibility index (Phi) is 10.7. The van der Waals surface area contributed by atoms with Gasteiger partial charge in [-0.3, -0.25) is 14.9 Å². The molecular formula is C27H29Cl3N2O5. The number of carbonyl (C=O) groups excluding carboxylic acids is 3. The van der Waals surface area contributed by atoms with E-state index < -0.39 is 17.8 Å². The molecule has 2 aromatic rings. The molecule has 1 heterocycles. The highest BCUT2D eigenvalue weighted by Gasteiger charge is 2.37. The van der Waals surface area contributed by atoms with Gasteiger partial charge >= 0.3 is 6.03 Å². The molecule has 1 fully saturated rings. The van der Waals surface area contributed by atoms with Crippen LogP contribution in [0.1, 0.15) is 57.9 Å². The van der Waals surface area contributed by atoms with Gasteiger partial charge < -0.3 is 9.47 Å². The van der Waals surface area contributed by atoms with E-state index >= 15 is 0 Å². The van der Waals surface area contributed by atoms with E-state index in [9.17, 15) is 14.4 Å². The zero-order valence-electron chi connectivity index (χ0n) is 20.7. The standard InChI is InChI=1S/C27H29Cl3N2O5/c1-3-5-6-7-8-9-12-37-24-22(30)14-17(15-23(24)36-4-2)13-19-25(33)31-27(35)32(26(19)34)18-10-11-20(28)21(29)16-18/h10-11,13-16H,3-9,12H2,1-2H3,(H,31,33,35)/b19-13-. The summed E-state index contributed by atoms with van der Waals surface area (Å²) < 4.78 is 11.7. The van der Waals surface area contributed by atoms with Crippen LogP contribution in [0, 0.1) is 0 Å². The number of barbiturate groups is 1. The average molecular weight is 568 g/mol. The van der Waals surface area contributed by atoms with Crippen molar-refractivity contribution in [1.82, 2.24) is 5.32 Å². The lowest BCUT2D eigenvalue weighted by Crippen LogP contribution is -2.54. The maximum atomic E-state index is 13.2. The molecule has 1 aliphatic rings. The Hall–Kier alpha value is -2.74. The van der Waals surface area contributed by atoms with Crippen molar-refractivity contribution in [1.29, 1.82) is 0 Å². The first-order chi connectivity index (χ1) is 17.8. The van der Waals surface area contributed by atoms with Crippen molar-refractivity contribution in [2.45, 2.75) is 52.4 Å². The van der Waals surface area contributed by atoms with Gasteiger partial charge in [-0.15, -0.1) is 0 Å². The molecule has 1 aliphatic heterocycles. The second-order valence-electron chi connectivity index (χ2n) is 8.44. The van der Waals surface area contributed by atoms with E-state index in [0.717, 1.165) is 24.2 Å². The van der Waals surface area contributed by atoms with Crippen LogP contribution in [-0.2, 0) is 9.59 Å². The van der Waals surface area contributed by atoms with Crippen molar-refractivity contribution < 1.29 is 23.9 Å². The molecule has 1 saturated heterocycles. The monoisotopic (exact) mass is 566 g/mol. The highest BCUT2D eigenvalue weighted by atomic mass is 35.5. The molecule has 1 N–H and O–H groups in total. The van der Waals surface area contributed by atoms with Crippen LogP contribution in [0.25, 0.3) is 6.08 Å². The third-order valence-electron chi connectivity index (χ3n) is 5.65. The summed E-state index contributed by atoms with van der Waals surface area (Å²) >= 11 is 18.5. The van der Waals surface area contributed by atoms with Crippen molar-refractivity contribution in [3.63, 3.8) is 0 Å². The van der Waals surface area contributed by atoms with Crippen LogP contribution in [0.15, 0.2) is 35.9 Å². The maximum absolute atomic E-state index is 13.2. The lowest BCUT2D eigenvalue weighted by molar-refractivity contribution is -0.122. The Morgan fingerprint density at radius 2 is 1.59 bits per heavy atom. The first kappa shape index (κ1) is 28.8. The molecule has 0 aliphatic carbocycles. The molecule has 4 amide bonds. The van der Waals surface area contributed by atoms with Crippen LogP contribution in [0.2, 0.25) is 15.1 Å². The van der Waals surface area contributed by atoms with Crippen molar-refractivity contribution in [3.05, 3.63) is 56.5 Å². The van der Waals surface area contributed by atoms with Crippen LogP contribution < -0.4 is 19.7 Å². The molecule has 198 valence electrons. The fourth-order valence-electron chi connectivity index (χ4n) is 3.81. The number of hydrogen-bond acceptors (Lipinski definition) is 5. The number of benzene rings is 2. The van der Waals surface area contributed by atoms with Gasteiger partial charge in [0.1, 0.15) is 5.57 Å². The first-order valence-electron chi connectivity index (χ1n) is 12.2. The Balaban J connectivity index is 1.83. The number of amides is 4. The normalized spacial score (nSPS) is 14.8. The summed E-state index contributed by atoms with van der Waals surface area (Å²) in [7, 11) is 0. The average Bonchev–Trinajstić information content (AvgIpc) is 2.84. The number of hydrogen-bond donors (Lipinski definition) is 1. The van der Waals surface area contributed by atoms with E-state index in [1.165, 1.54) is 43.5 Å². The number of nitrogens with zero attached hydrogens (tertiary/aromatic N) is 1. The fraction of sp³-hybridized carbons (Fsp3) is 0.370. The number of halogens is 3. The van der Waals surface area contributed by atoms with E-state index in [-0.39, 0.29) is 26.3 Å². The van der Waals surface area contributed by atoms with Gasteiger partial charge in [0, 0.05) is 0 Å². The van der Waals surface area contributed by atoms with Crippen LogP contribution in [0.4, 0.5) is 10.5 Å². The minimum atomic E-state index is -0.892. The molecule has 3 rings (SSSR count). The Labute approximate surface area is 231 Å². The predicted octanol–water partition coefficient (Wildman–Crippen LogP) is 7.45. The summed E-state index contributed by atoms with van der Waals surface area (Å²) in [6.07, 6.45) is 8.11. The van der Waals surface area contributed by atoms with Crippen LogP contribution in [0.3, 0.4) is 0 Å². The second-order valence-corrected chi connectivity index (χ2v) is 9.66. The van der Waals surface area contributed by atoms with E-state index in [4.69, 9.17) is 44.3 Å². The van der Waals surface area contributed by atoms with E-state index in [1.54, 1.807) is 12.1 Å². The molecule has 0 radical (unpaired) electrons. The summed E-state index contributed by atoms with van der Waals surface area (Å²) in [6, 6.07) is 6.61. The highest BCUT2D eigenvalue weighted by Crippen LogP contribution is 2.38. The second kappa shape index (κ2) is 13.7. The lowest BCUT2D eigenvalue weighted by Gasteiger charge is -2.26. The third-order valence-corrected chi connectivity index (χ3v) is 6.67. The summed E-state index contributed by atoms with van der Waals surface area (Å²) in [6.45, 7) is 4.87. The van der Waals surface area contributed by atoms with E-state index in [0.29, 0.717) is 30.3 Å². The molecule has 0 spiro atoms. The number of imide groups is 2. The van der Waals surface area contributed by atoms with Gasteiger partial charge in [-0.2, -0.15) is 0 Å². The molecule has 7 nitrogen and oxygen atoms in total. The molecule has 37 heavy (non-hydrogen) atoms. The van der Waals surface area contributed by atoms with Gasteiger partial charge in [0.05, 0.1) is 34.0 Å². The molecule has 10 heteroatoms. The zero-order valence-corrected chi connectivity index (χ0v) is 23.0. The van der Waals surface area contributed by atoms with Gasteiger partial charge in [0.25, 0.3) is 11.8 Å². The van der Waals surface area contributed by atoms with Crippen LogP contribution in [-0.4, -0.2) is 31.1 Å². The number of carbonyl (C=O) groups is 3. The molecule has 2 aromatic carbocycles. The Bertz CT molecular complexity index is 1200. The Morgan fingerprint density at radius 3 is 2.30 bits per heavy atom. The van der Waals surface area contributed by atoms with Crippen LogP contribution >= 0.6 is 34.8 Å². The third kappa shape index (κ3) is 7.40. The SMILES string of the molecule is CCCCCCCCOc1c(Cl)cc(/C=C2/C(=O)NC(=O)N(c3ccc(Cl)c(Cl)c3)C2=O)cc1OCC. The number of rotatable bonds is 12. The summed E-state index contributed by atoms with van der Waals surface area (Å²) in [5.41, 5.74) is 0.342. The smallest absolute Gasteiger partial charge is 0.335 e. The largest absolute Gasteiger partial charge is 0.490 e. The number of unbranched alkanes of at least 4 members (excludes halogenated alkanes) is 5. The minimum Gasteiger partial charge on any atom is -0.490 e. The summed E-state index contributed by atoms with van der Waals surface area (Å²) in [5, 5.41) is 2.88. The summed E-state index contributed by atoms with van der Waals surface area (Å²) in [5.74, 6) is -0.839. The van der Waals surface area contributed by atoms with Crippen molar-refractivity contribution >= 4 is 64.4 Å². The lowest BCUT2D eigenvalue weighted by atomic mass is 10.1. The molecule has 0 aromatic heterocycles. The van der Waals surface area contributed by atoms with Gasteiger partial charge in [-0.1, -0.05) is 73.8 Å². The van der Waals surface area contributed by atoms with E-state index in [2.05, 4.69) is 12.2 Å². The van der Waals surface area contributed by atoms with Crippen LogP contribution in [0.5, 0.6) is 11.5 Å². The molecule has 0 unspecified atom stereocenters. The predicted molar refractivity (Wildman–Crippen MR) is 147 cm³/mol. The number of ether oxygens (including phenoxy) is 2. The molecule has 0 bridgehead atoms. The van der Waals surface area contributed by atoms with Crippen molar-refractivity contribution in [2.75, 3.05) is 18.1 Å². The van der Waals surface area contributed by atoms with Gasteiger partial charge in [0.15, 0.2) is 11.5 Å². The van der Waals surface area contributed by atoms with Crippen molar-refractivity contribution in [2.24, 2.45) is 0 Å². The zero-order chi connectivity index (χ0) is 26.9.